The summed E-state index contributed by atoms with van der Waals surface area (Å²) in [6, 6.07) is 11.8. The topological polar surface area (TPSA) is 25.0 Å². The summed E-state index contributed by atoms with van der Waals surface area (Å²) in [5.74, 6) is 0.214. The van der Waals surface area contributed by atoms with Gasteiger partial charge in [-0.25, -0.2) is 4.39 Å². The maximum absolute atomic E-state index is 13.0. The van der Waals surface area contributed by atoms with Gasteiger partial charge in [0.2, 0.25) is 0 Å². The smallest absolute Gasteiger partial charge is 0.126 e. The van der Waals surface area contributed by atoms with Gasteiger partial charge in [-0.2, -0.15) is 0 Å². The van der Waals surface area contributed by atoms with E-state index in [2.05, 4.69) is 4.98 Å². The lowest BCUT2D eigenvalue weighted by molar-refractivity contribution is 0.306. The van der Waals surface area contributed by atoms with E-state index >= 15 is 0 Å². The monoisotopic (exact) mass is 275 g/mol. The van der Waals surface area contributed by atoms with Crippen LogP contribution in [0.2, 0.25) is 5.02 Å². The zero-order valence-corrected chi connectivity index (χ0v) is 10.7. The fraction of sp³-hybridized carbons (Fsp3) is 0.0667. The van der Waals surface area contributed by atoms with Crippen LogP contribution in [0.4, 0.5) is 4.39 Å². The number of rotatable bonds is 3. The van der Waals surface area contributed by atoms with Gasteiger partial charge in [0.1, 0.15) is 18.2 Å². The third-order valence-electron chi connectivity index (χ3n) is 2.92. The van der Waals surface area contributed by atoms with Crippen molar-refractivity contribution in [3.05, 3.63) is 65.1 Å². The Kier molecular flexibility index (Phi) is 3.13. The van der Waals surface area contributed by atoms with E-state index in [9.17, 15) is 4.39 Å². The number of benzene rings is 2. The van der Waals surface area contributed by atoms with E-state index < -0.39 is 0 Å². The van der Waals surface area contributed by atoms with Crippen molar-refractivity contribution >= 4 is 22.5 Å². The Bertz CT molecular complexity index is 723. The molecular formula is C15H11ClFNO. The first-order chi connectivity index (χ1) is 9.22. The van der Waals surface area contributed by atoms with Crippen molar-refractivity contribution in [3.63, 3.8) is 0 Å². The number of nitrogens with one attached hydrogen (secondary N) is 1. The molecule has 0 spiro atoms. The van der Waals surface area contributed by atoms with E-state index in [1.165, 1.54) is 12.1 Å². The van der Waals surface area contributed by atoms with Gasteiger partial charge in [-0.05, 0) is 24.3 Å². The van der Waals surface area contributed by atoms with Crippen LogP contribution in [0.3, 0.4) is 0 Å². The summed E-state index contributed by atoms with van der Waals surface area (Å²) < 4.78 is 18.6. The maximum Gasteiger partial charge on any atom is 0.126 e. The van der Waals surface area contributed by atoms with Crippen LogP contribution in [0.25, 0.3) is 10.9 Å². The lowest BCUT2D eigenvalue weighted by atomic mass is 10.2. The molecule has 0 aliphatic heterocycles. The Hall–Kier alpha value is -2.00. The van der Waals surface area contributed by atoms with Gasteiger partial charge >= 0.3 is 0 Å². The van der Waals surface area contributed by atoms with Crippen LogP contribution in [0.5, 0.6) is 5.75 Å². The summed E-state index contributed by atoms with van der Waals surface area (Å²) in [5, 5.41) is 1.74. The molecule has 0 radical (unpaired) electrons. The van der Waals surface area contributed by atoms with Gasteiger partial charge in [-0.1, -0.05) is 23.7 Å². The Morgan fingerprint density at radius 2 is 2.05 bits per heavy atom. The lowest BCUT2D eigenvalue weighted by Gasteiger charge is -2.05. The molecular weight excluding hydrogens is 265 g/mol. The summed E-state index contributed by atoms with van der Waals surface area (Å²) in [7, 11) is 0. The average molecular weight is 276 g/mol. The minimum Gasteiger partial charge on any atom is -0.489 e. The number of aromatic nitrogens is 1. The molecule has 3 rings (SSSR count). The highest BCUT2D eigenvalue weighted by atomic mass is 35.5. The molecule has 0 amide bonds. The first kappa shape index (κ1) is 12.1. The number of ether oxygens (including phenoxy) is 1. The molecule has 2 nitrogen and oxygen atoms in total. The molecule has 4 heteroatoms. The summed E-state index contributed by atoms with van der Waals surface area (Å²) in [4.78, 5) is 3.14. The summed E-state index contributed by atoms with van der Waals surface area (Å²) in [6.45, 7) is 0.380. The van der Waals surface area contributed by atoms with Crippen molar-refractivity contribution in [2.45, 2.75) is 6.61 Å². The zero-order valence-electron chi connectivity index (χ0n) is 9.99. The van der Waals surface area contributed by atoms with Gasteiger partial charge < -0.3 is 9.72 Å². The van der Waals surface area contributed by atoms with Crippen LogP contribution in [0.15, 0.2) is 48.7 Å². The van der Waals surface area contributed by atoms with Crippen molar-refractivity contribution in [2.24, 2.45) is 0 Å². The van der Waals surface area contributed by atoms with Gasteiger partial charge in [0, 0.05) is 33.8 Å². The van der Waals surface area contributed by atoms with E-state index in [-0.39, 0.29) is 5.82 Å². The Labute approximate surface area is 114 Å². The summed E-state index contributed by atoms with van der Waals surface area (Å²) in [5.41, 5.74) is 1.97. The Morgan fingerprint density at radius 3 is 2.89 bits per heavy atom. The maximum atomic E-state index is 13.0. The highest BCUT2D eigenvalue weighted by Gasteiger charge is 2.05. The molecule has 0 aliphatic carbocycles. The molecule has 0 unspecified atom stereocenters. The molecule has 0 fully saturated rings. The molecule has 1 aromatic heterocycles. The average Bonchev–Trinajstić information content (AvgIpc) is 2.78. The second-order valence-corrected chi connectivity index (χ2v) is 4.69. The Balaban J connectivity index is 1.82. The molecule has 0 bridgehead atoms. The van der Waals surface area contributed by atoms with Crippen LogP contribution in [-0.4, -0.2) is 4.98 Å². The lowest BCUT2D eigenvalue weighted by Crippen LogP contribution is -1.94. The standard InChI is InChI=1S/C15H11ClFNO/c16-11-4-5-14-10(8-18-15(14)6-11)9-19-13-3-1-2-12(17)7-13/h1-8,18H,9H2. The van der Waals surface area contributed by atoms with Crippen LogP contribution in [0, 0.1) is 5.82 Å². The van der Waals surface area contributed by atoms with Gasteiger partial charge in [0.25, 0.3) is 0 Å². The molecule has 2 aromatic carbocycles. The Morgan fingerprint density at radius 1 is 1.16 bits per heavy atom. The molecule has 0 saturated heterocycles. The fourth-order valence-electron chi connectivity index (χ4n) is 2.00. The minimum absolute atomic E-state index is 0.303. The number of hydrogen-bond donors (Lipinski definition) is 1. The van der Waals surface area contributed by atoms with Crippen LogP contribution < -0.4 is 4.74 Å². The number of H-pyrrole nitrogens is 1. The molecule has 0 saturated carbocycles. The highest BCUT2D eigenvalue weighted by Crippen LogP contribution is 2.23. The fourth-order valence-corrected chi connectivity index (χ4v) is 2.17. The molecule has 3 aromatic rings. The second kappa shape index (κ2) is 4.94. The highest BCUT2D eigenvalue weighted by molar-refractivity contribution is 6.31. The quantitative estimate of drug-likeness (QED) is 0.746. The van der Waals surface area contributed by atoms with Crippen molar-refractivity contribution in [3.8, 4) is 5.75 Å². The number of fused-ring (bicyclic) bond motifs is 1. The molecule has 0 atom stereocenters. The molecule has 19 heavy (non-hydrogen) atoms. The predicted molar refractivity (Wildman–Crippen MR) is 74.0 cm³/mol. The second-order valence-electron chi connectivity index (χ2n) is 4.25. The van der Waals surface area contributed by atoms with Gasteiger partial charge in [0.05, 0.1) is 0 Å². The van der Waals surface area contributed by atoms with E-state index in [1.807, 2.05) is 24.4 Å². The van der Waals surface area contributed by atoms with Crippen molar-refractivity contribution in [1.29, 1.82) is 0 Å². The van der Waals surface area contributed by atoms with E-state index in [0.29, 0.717) is 17.4 Å². The van der Waals surface area contributed by atoms with Crippen LogP contribution >= 0.6 is 11.6 Å². The van der Waals surface area contributed by atoms with E-state index in [0.717, 1.165) is 16.5 Å². The van der Waals surface area contributed by atoms with Gasteiger partial charge in [-0.3, -0.25) is 0 Å². The third kappa shape index (κ3) is 2.56. The molecule has 1 N–H and O–H groups in total. The van der Waals surface area contributed by atoms with E-state index in [4.69, 9.17) is 16.3 Å². The number of hydrogen-bond acceptors (Lipinski definition) is 1. The van der Waals surface area contributed by atoms with E-state index in [1.54, 1.807) is 12.1 Å². The largest absolute Gasteiger partial charge is 0.489 e. The van der Waals surface area contributed by atoms with Crippen molar-refractivity contribution in [1.82, 2.24) is 4.98 Å². The number of aromatic amines is 1. The molecule has 1 heterocycles. The van der Waals surface area contributed by atoms with Gasteiger partial charge in [0.15, 0.2) is 0 Å². The SMILES string of the molecule is Fc1cccc(OCc2c[nH]c3cc(Cl)ccc23)c1. The van der Waals surface area contributed by atoms with Crippen molar-refractivity contribution in [2.75, 3.05) is 0 Å². The number of halogens is 2. The predicted octanol–water partition coefficient (Wildman–Crippen LogP) is 4.54. The normalized spacial score (nSPS) is 10.8. The van der Waals surface area contributed by atoms with Gasteiger partial charge in [-0.15, -0.1) is 0 Å². The van der Waals surface area contributed by atoms with Crippen molar-refractivity contribution < 1.29 is 9.13 Å². The molecule has 96 valence electrons. The first-order valence-electron chi connectivity index (χ1n) is 5.86. The van der Waals surface area contributed by atoms with Crippen LogP contribution in [-0.2, 0) is 6.61 Å². The van der Waals surface area contributed by atoms with Crippen LogP contribution in [0.1, 0.15) is 5.56 Å². The minimum atomic E-state index is -0.303. The summed E-state index contributed by atoms with van der Waals surface area (Å²) in [6.07, 6.45) is 1.88. The summed E-state index contributed by atoms with van der Waals surface area (Å²) >= 11 is 5.93. The molecule has 0 aliphatic rings. The zero-order chi connectivity index (χ0) is 13.2. The first-order valence-corrected chi connectivity index (χ1v) is 6.24. The third-order valence-corrected chi connectivity index (χ3v) is 3.15.